The largest absolute Gasteiger partial charge is 0.310 e. The highest BCUT2D eigenvalue weighted by molar-refractivity contribution is 5.99. The van der Waals surface area contributed by atoms with Crippen molar-refractivity contribution >= 4 is 17.1 Å². The Morgan fingerprint density at radius 2 is 0.714 bits per heavy atom. The monoisotopic (exact) mass is 715 g/mol. The van der Waals surface area contributed by atoms with Gasteiger partial charge in [-0.2, -0.15) is 0 Å². The maximum absolute atomic E-state index is 2.56. The van der Waals surface area contributed by atoms with Gasteiger partial charge in [-0.25, -0.2) is 0 Å². The van der Waals surface area contributed by atoms with E-state index in [0.717, 1.165) is 0 Å². The summed E-state index contributed by atoms with van der Waals surface area (Å²) in [5.41, 5.74) is 24.5. The van der Waals surface area contributed by atoms with Crippen molar-refractivity contribution in [3.8, 4) is 44.5 Å². The van der Waals surface area contributed by atoms with E-state index >= 15 is 0 Å². The SMILES string of the molecule is CC1(C)c2ccccc2-c2cc(N(c3ccc4c(c3)C3(c5ccccc5-c5ccccc53)c3ccccc3-4)c3cccc4c3-c3ccccc3C4(C)C)ccc21. The van der Waals surface area contributed by atoms with Crippen molar-refractivity contribution in [3.63, 3.8) is 0 Å². The molecule has 0 fully saturated rings. The first-order chi connectivity index (χ1) is 27.3. The lowest BCUT2D eigenvalue weighted by Crippen LogP contribution is -2.26. The Hall–Kier alpha value is -6.44. The molecule has 0 amide bonds. The van der Waals surface area contributed by atoms with Gasteiger partial charge in [0.15, 0.2) is 0 Å². The Labute approximate surface area is 329 Å². The van der Waals surface area contributed by atoms with E-state index in [-0.39, 0.29) is 10.8 Å². The van der Waals surface area contributed by atoms with Crippen LogP contribution >= 0.6 is 0 Å². The number of anilines is 3. The predicted octanol–water partition coefficient (Wildman–Crippen LogP) is 14.1. The highest BCUT2D eigenvalue weighted by atomic mass is 15.1. The molecule has 1 spiro atoms. The van der Waals surface area contributed by atoms with Crippen molar-refractivity contribution < 1.29 is 0 Å². The molecule has 4 aliphatic rings. The summed E-state index contributed by atoms with van der Waals surface area (Å²) in [6.45, 7) is 9.50. The molecule has 0 unspecified atom stereocenters. The van der Waals surface area contributed by atoms with Gasteiger partial charge in [-0.3, -0.25) is 0 Å². The van der Waals surface area contributed by atoms with Crippen molar-refractivity contribution in [1.82, 2.24) is 0 Å². The number of fused-ring (bicyclic) bond motifs is 16. The quantitative estimate of drug-likeness (QED) is 0.176. The molecule has 0 saturated heterocycles. The molecule has 12 rings (SSSR count). The summed E-state index contributed by atoms with van der Waals surface area (Å²) in [6.07, 6.45) is 0. The summed E-state index contributed by atoms with van der Waals surface area (Å²) in [7, 11) is 0. The molecule has 0 bridgehead atoms. The van der Waals surface area contributed by atoms with Crippen molar-refractivity contribution in [2.75, 3.05) is 4.90 Å². The van der Waals surface area contributed by atoms with Crippen LogP contribution in [0.4, 0.5) is 17.1 Å². The van der Waals surface area contributed by atoms with E-state index in [1.54, 1.807) is 0 Å². The maximum atomic E-state index is 2.56. The van der Waals surface area contributed by atoms with E-state index in [0.29, 0.717) is 0 Å². The third kappa shape index (κ3) is 3.81. The molecule has 0 aliphatic heterocycles. The Kier molecular flexibility index (Phi) is 6.18. The third-order valence-electron chi connectivity index (χ3n) is 13.9. The molecule has 1 nitrogen and oxygen atoms in total. The molecular weight excluding hydrogens is 675 g/mol. The predicted molar refractivity (Wildman–Crippen MR) is 233 cm³/mol. The van der Waals surface area contributed by atoms with Crippen molar-refractivity contribution in [2.24, 2.45) is 0 Å². The molecule has 4 aliphatic carbocycles. The molecule has 8 aromatic rings. The first kappa shape index (κ1) is 31.9. The summed E-state index contributed by atoms with van der Waals surface area (Å²) in [6, 6.07) is 66.9. The fraction of sp³-hybridized carbons (Fsp3) is 0.127. The topological polar surface area (TPSA) is 3.24 Å². The summed E-state index contributed by atoms with van der Waals surface area (Å²) in [5.74, 6) is 0. The van der Waals surface area contributed by atoms with Crippen molar-refractivity contribution in [1.29, 1.82) is 0 Å². The van der Waals surface area contributed by atoms with Crippen LogP contribution in [0, 0.1) is 0 Å². The minimum atomic E-state index is -0.422. The summed E-state index contributed by atoms with van der Waals surface area (Å²) < 4.78 is 0. The van der Waals surface area contributed by atoms with Crippen LogP contribution in [0.25, 0.3) is 44.5 Å². The molecule has 0 aromatic heterocycles. The number of hydrogen-bond donors (Lipinski definition) is 0. The summed E-state index contributed by atoms with van der Waals surface area (Å²) in [4.78, 5) is 2.56. The standard InChI is InChI=1S/C55H41N/c1-53(2)43-21-10-5-19-39(43)42-32-34(29-31-45(42)53)56(51-27-15-26-49-52(51)41-20-9-11-22-44(41)54(49,3)4)35-28-30-40-38-18-8-14-25-48(38)55(50(40)33-35)46-23-12-6-16-36(46)37-17-7-13-24-47(37)55/h5-33H,1-4H3. The molecule has 266 valence electrons. The lowest BCUT2D eigenvalue weighted by molar-refractivity contribution is 0.660. The fourth-order valence-electron chi connectivity index (χ4n) is 11.4. The zero-order valence-electron chi connectivity index (χ0n) is 32.2. The van der Waals surface area contributed by atoms with Crippen molar-refractivity contribution in [3.05, 3.63) is 220 Å². The second-order valence-corrected chi connectivity index (χ2v) is 17.2. The number of nitrogens with zero attached hydrogens (tertiary/aromatic N) is 1. The smallest absolute Gasteiger partial charge is 0.0726 e. The van der Waals surface area contributed by atoms with Gasteiger partial charge in [0.05, 0.1) is 11.1 Å². The number of benzene rings is 8. The van der Waals surface area contributed by atoms with Gasteiger partial charge in [0, 0.05) is 27.8 Å². The van der Waals surface area contributed by atoms with Gasteiger partial charge < -0.3 is 4.90 Å². The Morgan fingerprint density at radius 1 is 0.304 bits per heavy atom. The van der Waals surface area contributed by atoms with Crippen LogP contribution in [0.1, 0.15) is 72.2 Å². The molecule has 56 heavy (non-hydrogen) atoms. The van der Waals surface area contributed by atoms with E-state index in [4.69, 9.17) is 0 Å². The second kappa shape index (κ2) is 10.9. The zero-order valence-corrected chi connectivity index (χ0v) is 32.2. The Balaban J connectivity index is 1.17. The minimum Gasteiger partial charge on any atom is -0.310 e. The first-order valence-corrected chi connectivity index (χ1v) is 20.0. The van der Waals surface area contributed by atoms with E-state index in [9.17, 15) is 0 Å². The molecule has 1 heteroatoms. The number of hydrogen-bond acceptors (Lipinski definition) is 1. The van der Waals surface area contributed by atoms with Gasteiger partial charge in [-0.05, 0) is 114 Å². The molecule has 0 heterocycles. The van der Waals surface area contributed by atoms with Crippen LogP contribution in [0.2, 0.25) is 0 Å². The van der Waals surface area contributed by atoms with Gasteiger partial charge in [0.25, 0.3) is 0 Å². The Morgan fingerprint density at radius 3 is 1.32 bits per heavy atom. The maximum Gasteiger partial charge on any atom is 0.0726 e. The zero-order chi connectivity index (χ0) is 37.6. The van der Waals surface area contributed by atoms with Crippen LogP contribution < -0.4 is 4.90 Å². The highest BCUT2D eigenvalue weighted by Crippen LogP contribution is 2.64. The van der Waals surface area contributed by atoms with Crippen LogP contribution in [-0.4, -0.2) is 0 Å². The van der Waals surface area contributed by atoms with E-state index < -0.39 is 5.41 Å². The molecule has 0 atom stereocenters. The van der Waals surface area contributed by atoms with Crippen LogP contribution in [0.15, 0.2) is 176 Å². The van der Waals surface area contributed by atoms with Crippen LogP contribution in [0.5, 0.6) is 0 Å². The van der Waals surface area contributed by atoms with Crippen LogP contribution in [-0.2, 0) is 16.2 Å². The average Bonchev–Trinajstić information content (AvgIpc) is 3.86. The van der Waals surface area contributed by atoms with Gasteiger partial charge >= 0.3 is 0 Å². The highest BCUT2D eigenvalue weighted by Gasteiger charge is 2.52. The molecule has 8 aromatic carbocycles. The van der Waals surface area contributed by atoms with E-state index in [1.165, 1.54) is 106 Å². The van der Waals surface area contributed by atoms with Crippen LogP contribution in [0.3, 0.4) is 0 Å². The van der Waals surface area contributed by atoms with E-state index in [2.05, 4.69) is 209 Å². The Bertz CT molecular complexity index is 2930. The minimum absolute atomic E-state index is 0.0682. The van der Waals surface area contributed by atoms with Gasteiger partial charge in [-0.15, -0.1) is 0 Å². The van der Waals surface area contributed by atoms with Crippen molar-refractivity contribution in [2.45, 2.75) is 43.9 Å². The van der Waals surface area contributed by atoms with Gasteiger partial charge in [-0.1, -0.05) is 173 Å². The van der Waals surface area contributed by atoms with Gasteiger partial charge in [0.2, 0.25) is 0 Å². The number of rotatable bonds is 3. The third-order valence-corrected chi connectivity index (χ3v) is 13.9. The normalized spacial score (nSPS) is 15.9. The second-order valence-electron chi connectivity index (χ2n) is 17.2. The molecule has 0 N–H and O–H groups in total. The first-order valence-electron chi connectivity index (χ1n) is 20.0. The average molecular weight is 716 g/mol. The summed E-state index contributed by atoms with van der Waals surface area (Å²) >= 11 is 0. The lowest BCUT2D eigenvalue weighted by Gasteiger charge is -2.33. The lowest BCUT2D eigenvalue weighted by atomic mass is 9.70. The fourth-order valence-corrected chi connectivity index (χ4v) is 11.4. The molecule has 0 saturated carbocycles. The summed E-state index contributed by atoms with van der Waals surface area (Å²) in [5, 5.41) is 0. The van der Waals surface area contributed by atoms with E-state index in [1.807, 2.05) is 0 Å². The van der Waals surface area contributed by atoms with Gasteiger partial charge in [0.1, 0.15) is 0 Å². The molecule has 0 radical (unpaired) electrons. The molecular formula is C55H41N.